The number of nitrogens with two attached hydrogens (primary N) is 1. The molecule has 0 spiro atoms. The number of benzene rings is 2. The van der Waals surface area contributed by atoms with E-state index in [0.717, 1.165) is 11.1 Å². The molecule has 0 aliphatic rings. The van der Waals surface area contributed by atoms with Crippen LogP contribution < -0.4 is 10.6 Å². The first-order valence-electron chi connectivity index (χ1n) is 7.07. The standard InChI is InChI=1S/C17H21FN2O/c1-13(19)15-8-5-9-16(18)17(15)20(10-11-21)12-14-6-3-2-4-7-14/h2-9,13,21H,10-12,19H2,1H3/t13-/m0/s1. The summed E-state index contributed by atoms with van der Waals surface area (Å²) in [4.78, 5) is 1.84. The molecule has 2 rings (SSSR count). The van der Waals surface area contributed by atoms with Gasteiger partial charge in [0.05, 0.1) is 12.3 Å². The molecule has 2 aromatic rings. The third-order valence-corrected chi connectivity index (χ3v) is 3.41. The fraction of sp³-hybridized carbons (Fsp3) is 0.294. The van der Waals surface area contributed by atoms with Crippen molar-refractivity contribution in [3.8, 4) is 0 Å². The summed E-state index contributed by atoms with van der Waals surface area (Å²) >= 11 is 0. The molecule has 3 N–H and O–H groups in total. The van der Waals surface area contributed by atoms with Crippen molar-refractivity contribution in [1.82, 2.24) is 0 Å². The number of hydrogen-bond donors (Lipinski definition) is 2. The third kappa shape index (κ3) is 3.80. The number of halogens is 1. The molecule has 112 valence electrons. The van der Waals surface area contributed by atoms with Gasteiger partial charge in [-0.1, -0.05) is 42.5 Å². The molecule has 2 aromatic carbocycles. The molecule has 21 heavy (non-hydrogen) atoms. The molecular formula is C17H21FN2O. The molecule has 0 saturated carbocycles. The Hall–Kier alpha value is -1.91. The molecule has 0 aliphatic heterocycles. The molecule has 0 aliphatic carbocycles. The van der Waals surface area contributed by atoms with Gasteiger partial charge in [0.1, 0.15) is 5.82 Å². The summed E-state index contributed by atoms with van der Waals surface area (Å²) in [5.41, 5.74) is 8.24. The Morgan fingerprint density at radius 1 is 1.14 bits per heavy atom. The van der Waals surface area contributed by atoms with Gasteiger partial charge < -0.3 is 15.7 Å². The maximum Gasteiger partial charge on any atom is 0.146 e. The molecule has 0 fully saturated rings. The van der Waals surface area contributed by atoms with Crippen LogP contribution in [0.3, 0.4) is 0 Å². The number of aliphatic hydroxyl groups is 1. The lowest BCUT2D eigenvalue weighted by atomic mass is 10.0. The molecule has 4 heteroatoms. The van der Waals surface area contributed by atoms with Gasteiger partial charge in [0.2, 0.25) is 0 Å². The molecule has 0 bridgehead atoms. The third-order valence-electron chi connectivity index (χ3n) is 3.41. The van der Waals surface area contributed by atoms with Crippen LogP contribution in [0.4, 0.5) is 10.1 Å². The Balaban J connectivity index is 2.38. The maximum absolute atomic E-state index is 14.3. The minimum atomic E-state index is -0.311. The summed E-state index contributed by atoms with van der Waals surface area (Å²) in [6, 6.07) is 14.4. The van der Waals surface area contributed by atoms with Gasteiger partial charge in [-0.05, 0) is 24.1 Å². The highest BCUT2D eigenvalue weighted by atomic mass is 19.1. The van der Waals surface area contributed by atoms with Gasteiger partial charge in [0.15, 0.2) is 0 Å². The van der Waals surface area contributed by atoms with Crippen LogP contribution in [0.25, 0.3) is 0 Å². The van der Waals surface area contributed by atoms with Gasteiger partial charge in [-0.3, -0.25) is 0 Å². The van der Waals surface area contributed by atoms with Crippen molar-refractivity contribution in [3.05, 3.63) is 65.5 Å². The molecule has 0 aromatic heterocycles. The average molecular weight is 288 g/mol. The summed E-state index contributed by atoms with van der Waals surface area (Å²) in [7, 11) is 0. The van der Waals surface area contributed by atoms with Crippen molar-refractivity contribution in [1.29, 1.82) is 0 Å². The van der Waals surface area contributed by atoms with Crippen LogP contribution in [0.1, 0.15) is 24.1 Å². The number of rotatable bonds is 6. The van der Waals surface area contributed by atoms with Gasteiger partial charge in [-0.25, -0.2) is 4.39 Å². The number of anilines is 1. The zero-order valence-electron chi connectivity index (χ0n) is 12.2. The average Bonchev–Trinajstić information content (AvgIpc) is 2.47. The van der Waals surface area contributed by atoms with E-state index < -0.39 is 0 Å². The monoisotopic (exact) mass is 288 g/mol. The molecule has 0 saturated heterocycles. The predicted molar refractivity (Wildman–Crippen MR) is 83.6 cm³/mol. The van der Waals surface area contributed by atoms with Crippen LogP contribution in [-0.4, -0.2) is 18.3 Å². The van der Waals surface area contributed by atoms with E-state index in [2.05, 4.69) is 0 Å². The summed E-state index contributed by atoms with van der Waals surface area (Å²) in [5, 5.41) is 9.30. The Kier molecular flexibility index (Phi) is 5.31. The number of nitrogens with zero attached hydrogens (tertiary/aromatic N) is 1. The van der Waals surface area contributed by atoms with Crippen LogP contribution in [0, 0.1) is 5.82 Å². The molecule has 0 unspecified atom stereocenters. The van der Waals surface area contributed by atoms with E-state index >= 15 is 0 Å². The molecule has 0 radical (unpaired) electrons. The van der Waals surface area contributed by atoms with Crippen molar-refractivity contribution in [2.24, 2.45) is 5.73 Å². The number of para-hydroxylation sites is 1. The van der Waals surface area contributed by atoms with E-state index in [1.807, 2.05) is 48.2 Å². The largest absolute Gasteiger partial charge is 0.395 e. The van der Waals surface area contributed by atoms with E-state index in [9.17, 15) is 9.50 Å². The highest BCUT2D eigenvalue weighted by Gasteiger charge is 2.18. The summed E-state index contributed by atoms with van der Waals surface area (Å²) in [5.74, 6) is -0.311. The SMILES string of the molecule is C[C@H](N)c1cccc(F)c1N(CCO)Cc1ccccc1. The van der Waals surface area contributed by atoms with Gasteiger partial charge in [-0.2, -0.15) is 0 Å². The topological polar surface area (TPSA) is 49.5 Å². The molecule has 3 nitrogen and oxygen atoms in total. The zero-order valence-corrected chi connectivity index (χ0v) is 12.2. The number of hydrogen-bond acceptors (Lipinski definition) is 3. The van der Waals surface area contributed by atoms with Crippen molar-refractivity contribution >= 4 is 5.69 Å². The van der Waals surface area contributed by atoms with Gasteiger partial charge >= 0.3 is 0 Å². The Morgan fingerprint density at radius 3 is 2.48 bits per heavy atom. The second kappa shape index (κ2) is 7.20. The minimum absolute atomic E-state index is 0.0421. The van der Waals surface area contributed by atoms with E-state index in [1.165, 1.54) is 6.07 Å². The zero-order chi connectivity index (χ0) is 15.2. The molecule has 1 atom stereocenters. The Morgan fingerprint density at radius 2 is 1.86 bits per heavy atom. The molecule has 0 amide bonds. The summed E-state index contributed by atoms with van der Waals surface area (Å²) in [6.45, 7) is 2.68. The maximum atomic E-state index is 14.3. The van der Waals surface area contributed by atoms with Crippen molar-refractivity contribution < 1.29 is 9.50 Å². The minimum Gasteiger partial charge on any atom is -0.395 e. The molecular weight excluding hydrogens is 267 g/mol. The lowest BCUT2D eigenvalue weighted by Crippen LogP contribution is -2.29. The highest BCUT2D eigenvalue weighted by molar-refractivity contribution is 5.56. The number of aliphatic hydroxyl groups excluding tert-OH is 1. The summed E-state index contributed by atoms with van der Waals surface area (Å²) < 4.78 is 14.3. The van der Waals surface area contributed by atoms with E-state index in [-0.39, 0.29) is 18.5 Å². The highest BCUT2D eigenvalue weighted by Crippen LogP contribution is 2.29. The van der Waals surface area contributed by atoms with Crippen molar-refractivity contribution in [3.63, 3.8) is 0 Å². The smallest absolute Gasteiger partial charge is 0.146 e. The first-order valence-corrected chi connectivity index (χ1v) is 7.07. The van der Waals surface area contributed by atoms with Gasteiger partial charge in [0, 0.05) is 19.1 Å². The quantitative estimate of drug-likeness (QED) is 0.859. The predicted octanol–water partition coefficient (Wildman–Crippen LogP) is 2.84. The lowest BCUT2D eigenvalue weighted by Gasteiger charge is -2.28. The first kappa shape index (κ1) is 15.5. The lowest BCUT2D eigenvalue weighted by molar-refractivity contribution is 0.301. The van der Waals surface area contributed by atoms with E-state index in [1.54, 1.807) is 6.07 Å². The second-order valence-corrected chi connectivity index (χ2v) is 5.10. The molecule has 0 heterocycles. The Labute approximate surface area is 124 Å². The summed E-state index contributed by atoms with van der Waals surface area (Å²) in [6.07, 6.45) is 0. The van der Waals surface area contributed by atoms with Crippen molar-refractivity contribution in [2.45, 2.75) is 19.5 Å². The van der Waals surface area contributed by atoms with Gasteiger partial charge in [0.25, 0.3) is 0 Å². The second-order valence-electron chi connectivity index (χ2n) is 5.10. The van der Waals surface area contributed by atoms with E-state index in [4.69, 9.17) is 5.73 Å². The van der Waals surface area contributed by atoms with Crippen molar-refractivity contribution in [2.75, 3.05) is 18.1 Å². The van der Waals surface area contributed by atoms with Crippen LogP contribution >= 0.6 is 0 Å². The fourth-order valence-electron chi connectivity index (χ4n) is 2.43. The Bertz CT molecular complexity index is 572. The van der Waals surface area contributed by atoms with Gasteiger partial charge in [-0.15, -0.1) is 0 Å². The van der Waals surface area contributed by atoms with Crippen LogP contribution in [0.15, 0.2) is 48.5 Å². The first-order chi connectivity index (χ1) is 10.1. The fourth-order valence-corrected chi connectivity index (χ4v) is 2.43. The van der Waals surface area contributed by atoms with E-state index in [0.29, 0.717) is 18.8 Å². The van der Waals surface area contributed by atoms with Crippen LogP contribution in [0.5, 0.6) is 0 Å². The van der Waals surface area contributed by atoms with Crippen LogP contribution in [-0.2, 0) is 6.54 Å². The van der Waals surface area contributed by atoms with Crippen LogP contribution in [0.2, 0.25) is 0 Å². The normalized spacial score (nSPS) is 12.2.